The van der Waals surface area contributed by atoms with Gasteiger partial charge in [0, 0.05) is 5.69 Å². The summed E-state index contributed by atoms with van der Waals surface area (Å²) in [6.45, 7) is -0.0440. The molecule has 7 nitrogen and oxygen atoms in total. The molecule has 98 valence electrons. The van der Waals surface area contributed by atoms with Crippen molar-refractivity contribution >= 4 is 17.3 Å². The number of aliphatic hydroxyl groups excluding tert-OH is 1. The number of nitrogen functional groups attached to an aromatic ring is 1. The zero-order chi connectivity index (χ0) is 14.5. The number of aliphatic hydroxyl groups is 1. The molecule has 0 atom stereocenters. The predicted octanol–water partition coefficient (Wildman–Crippen LogP) is 1.04. The Labute approximate surface area is 114 Å². The Bertz CT molecular complexity index is 711. The van der Waals surface area contributed by atoms with Crippen LogP contribution in [0.3, 0.4) is 0 Å². The highest BCUT2D eigenvalue weighted by molar-refractivity contribution is 5.67. The van der Waals surface area contributed by atoms with E-state index in [0.29, 0.717) is 5.69 Å². The van der Waals surface area contributed by atoms with E-state index in [4.69, 9.17) is 21.4 Å². The molecule has 20 heavy (non-hydrogen) atoms. The standard InChI is InChI=1S/C13H10N6O/c14-5-10-11(6-15)19-13(12(16)18-10)17-9-3-1-8(7-20)2-4-9/h1-4,20H,7H2,(H2,16,18)(H,17,19). The SMILES string of the molecule is N#Cc1nc(N)c(Nc2ccc(CO)cc2)nc1C#N. The average Bonchev–Trinajstić information content (AvgIpc) is 2.49. The summed E-state index contributed by atoms with van der Waals surface area (Å²) in [7, 11) is 0. The number of anilines is 3. The summed E-state index contributed by atoms with van der Waals surface area (Å²) in [6.07, 6.45) is 0. The molecule has 0 aliphatic rings. The molecule has 0 aliphatic carbocycles. The second-order valence-electron chi connectivity index (χ2n) is 3.86. The highest BCUT2D eigenvalue weighted by atomic mass is 16.3. The molecule has 0 fully saturated rings. The molecular weight excluding hydrogens is 256 g/mol. The molecule has 0 aliphatic heterocycles. The van der Waals surface area contributed by atoms with Gasteiger partial charge in [0.25, 0.3) is 0 Å². The zero-order valence-electron chi connectivity index (χ0n) is 10.3. The summed E-state index contributed by atoms with van der Waals surface area (Å²) in [5, 5.41) is 29.6. The number of nitrogens with zero attached hydrogens (tertiary/aromatic N) is 4. The van der Waals surface area contributed by atoms with Crippen molar-refractivity contribution in [3.05, 3.63) is 41.2 Å². The molecule has 0 unspecified atom stereocenters. The third-order valence-electron chi connectivity index (χ3n) is 2.53. The molecule has 0 saturated carbocycles. The van der Waals surface area contributed by atoms with E-state index in [1.54, 1.807) is 36.4 Å². The maximum atomic E-state index is 8.96. The monoisotopic (exact) mass is 266 g/mol. The van der Waals surface area contributed by atoms with Gasteiger partial charge >= 0.3 is 0 Å². The van der Waals surface area contributed by atoms with E-state index in [0.717, 1.165) is 5.56 Å². The Morgan fingerprint density at radius 1 is 1.10 bits per heavy atom. The summed E-state index contributed by atoms with van der Waals surface area (Å²) in [5.74, 6) is 0.240. The fourth-order valence-electron chi connectivity index (χ4n) is 1.53. The summed E-state index contributed by atoms with van der Waals surface area (Å²) < 4.78 is 0. The lowest BCUT2D eigenvalue weighted by Gasteiger charge is -2.08. The Morgan fingerprint density at radius 2 is 1.70 bits per heavy atom. The first-order chi connectivity index (χ1) is 9.67. The third kappa shape index (κ3) is 2.64. The molecular formula is C13H10N6O. The van der Waals surface area contributed by atoms with Crippen molar-refractivity contribution in [3.8, 4) is 12.1 Å². The van der Waals surface area contributed by atoms with Gasteiger partial charge in [-0.3, -0.25) is 0 Å². The van der Waals surface area contributed by atoms with Crippen LogP contribution in [-0.2, 0) is 6.61 Å². The molecule has 1 aromatic carbocycles. The van der Waals surface area contributed by atoms with Gasteiger partial charge in [0.1, 0.15) is 12.1 Å². The minimum Gasteiger partial charge on any atom is -0.392 e. The van der Waals surface area contributed by atoms with Crippen molar-refractivity contribution in [2.45, 2.75) is 6.61 Å². The summed E-state index contributed by atoms with van der Waals surface area (Å²) >= 11 is 0. The van der Waals surface area contributed by atoms with Crippen molar-refractivity contribution in [1.29, 1.82) is 10.5 Å². The first-order valence-electron chi connectivity index (χ1n) is 5.62. The first kappa shape index (κ1) is 13.3. The molecule has 4 N–H and O–H groups in total. The fourth-order valence-corrected chi connectivity index (χ4v) is 1.53. The van der Waals surface area contributed by atoms with Gasteiger partial charge in [-0.05, 0) is 17.7 Å². The van der Waals surface area contributed by atoms with Crippen LogP contribution in [0.4, 0.5) is 17.3 Å². The lowest BCUT2D eigenvalue weighted by Crippen LogP contribution is -2.06. The summed E-state index contributed by atoms with van der Waals surface area (Å²) in [4.78, 5) is 7.79. The van der Waals surface area contributed by atoms with E-state index in [1.165, 1.54) is 0 Å². The maximum Gasteiger partial charge on any atom is 0.179 e. The predicted molar refractivity (Wildman–Crippen MR) is 71.5 cm³/mol. The van der Waals surface area contributed by atoms with E-state index in [1.807, 2.05) is 0 Å². The molecule has 0 spiro atoms. The lowest BCUT2D eigenvalue weighted by atomic mass is 10.2. The molecule has 1 aromatic heterocycles. The average molecular weight is 266 g/mol. The number of nitriles is 2. The molecule has 1 heterocycles. The number of aromatic nitrogens is 2. The van der Waals surface area contributed by atoms with Crippen molar-refractivity contribution in [3.63, 3.8) is 0 Å². The fraction of sp³-hybridized carbons (Fsp3) is 0.0769. The van der Waals surface area contributed by atoms with Gasteiger partial charge in [0.2, 0.25) is 0 Å². The molecule has 2 rings (SSSR count). The second-order valence-corrected chi connectivity index (χ2v) is 3.86. The Morgan fingerprint density at radius 3 is 2.25 bits per heavy atom. The molecule has 0 radical (unpaired) electrons. The highest BCUT2D eigenvalue weighted by Gasteiger charge is 2.11. The van der Waals surface area contributed by atoms with Gasteiger partial charge < -0.3 is 16.2 Å². The number of benzene rings is 1. The van der Waals surface area contributed by atoms with Gasteiger partial charge in [0.15, 0.2) is 23.0 Å². The summed E-state index contributed by atoms with van der Waals surface area (Å²) in [5.41, 5.74) is 6.94. The Balaban J connectivity index is 2.34. The minimum absolute atomic E-state index is 0.0341. The van der Waals surface area contributed by atoms with Gasteiger partial charge in [0.05, 0.1) is 6.61 Å². The van der Waals surface area contributed by atoms with E-state index in [2.05, 4.69) is 15.3 Å². The quantitative estimate of drug-likeness (QED) is 0.755. The van der Waals surface area contributed by atoms with Crippen molar-refractivity contribution in [2.24, 2.45) is 0 Å². The van der Waals surface area contributed by atoms with Gasteiger partial charge in [-0.25, -0.2) is 9.97 Å². The molecule has 2 aromatic rings. The Hall–Kier alpha value is -3.16. The zero-order valence-corrected chi connectivity index (χ0v) is 10.3. The van der Waals surface area contributed by atoms with Crippen molar-refractivity contribution < 1.29 is 5.11 Å². The number of hydrogen-bond acceptors (Lipinski definition) is 7. The molecule has 0 amide bonds. The Kier molecular flexibility index (Phi) is 3.75. The molecule has 7 heteroatoms. The smallest absolute Gasteiger partial charge is 0.179 e. The van der Waals surface area contributed by atoms with Crippen LogP contribution < -0.4 is 11.1 Å². The highest BCUT2D eigenvalue weighted by Crippen LogP contribution is 2.21. The van der Waals surface area contributed by atoms with Crippen LogP contribution in [0.25, 0.3) is 0 Å². The van der Waals surface area contributed by atoms with E-state index >= 15 is 0 Å². The molecule has 0 saturated heterocycles. The van der Waals surface area contributed by atoms with Crippen molar-refractivity contribution in [2.75, 3.05) is 11.1 Å². The van der Waals surface area contributed by atoms with Gasteiger partial charge in [-0.1, -0.05) is 12.1 Å². The van der Waals surface area contributed by atoms with Crippen LogP contribution in [0.5, 0.6) is 0 Å². The summed E-state index contributed by atoms with van der Waals surface area (Å²) in [6, 6.07) is 10.5. The number of rotatable bonds is 3. The minimum atomic E-state index is -0.105. The van der Waals surface area contributed by atoms with E-state index in [9.17, 15) is 0 Å². The first-order valence-corrected chi connectivity index (χ1v) is 5.62. The molecule has 0 bridgehead atoms. The van der Waals surface area contributed by atoms with Crippen LogP contribution in [0, 0.1) is 22.7 Å². The second kappa shape index (κ2) is 5.65. The normalized spacial score (nSPS) is 9.55. The van der Waals surface area contributed by atoms with Crippen LogP contribution in [-0.4, -0.2) is 15.1 Å². The number of nitrogens with one attached hydrogen (secondary N) is 1. The largest absolute Gasteiger partial charge is 0.392 e. The maximum absolute atomic E-state index is 8.96. The van der Waals surface area contributed by atoms with E-state index < -0.39 is 0 Å². The topological polar surface area (TPSA) is 132 Å². The number of hydrogen-bond donors (Lipinski definition) is 3. The van der Waals surface area contributed by atoms with Crippen LogP contribution in [0.15, 0.2) is 24.3 Å². The van der Waals surface area contributed by atoms with Crippen LogP contribution >= 0.6 is 0 Å². The van der Waals surface area contributed by atoms with Gasteiger partial charge in [-0.2, -0.15) is 10.5 Å². The number of nitrogens with two attached hydrogens (primary N) is 1. The third-order valence-corrected chi connectivity index (χ3v) is 2.53. The lowest BCUT2D eigenvalue weighted by molar-refractivity contribution is 0.282. The van der Waals surface area contributed by atoms with Gasteiger partial charge in [-0.15, -0.1) is 0 Å². The van der Waals surface area contributed by atoms with E-state index in [-0.39, 0.29) is 29.6 Å². The van der Waals surface area contributed by atoms with Crippen molar-refractivity contribution in [1.82, 2.24) is 9.97 Å². The van der Waals surface area contributed by atoms with Crippen LogP contribution in [0.1, 0.15) is 17.0 Å². The van der Waals surface area contributed by atoms with Crippen LogP contribution in [0.2, 0.25) is 0 Å².